The summed E-state index contributed by atoms with van der Waals surface area (Å²) < 4.78 is 26.2. The van der Waals surface area contributed by atoms with Gasteiger partial charge in [-0.2, -0.15) is 10.1 Å². The van der Waals surface area contributed by atoms with Crippen LogP contribution in [0.5, 0.6) is 17.2 Å². The van der Waals surface area contributed by atoms with Crippen LogP contribution in [0.25, 0.3) is 16.9 Å². The molecule has 0 saturated carbocycles. The molecule has 30 heavy (non-hydrogen) atoms. The largest absolute Gasteiger partial charge is 0.511 e. The van der Waals surface area contributed by atoms with E-state index >= 15 is 0 Å². The Hall–Kier alpha value is -4.21. The number of anilines is 1. The third-order valence-electron chi connectivity index (χ3n) is 4.36. The van der Waals surface area contributed by atoms with E-state index in [0.717, 1.165) is 11.1 Å². The van der Waals surface area contributed by atoms with Gasteiger partial charge < -0.3 is 20.3 Å². The van der Waals surface area contributed by atoms with Crippen molar-refractivity contribution >= 4 is 22.9 Å². The molecule has 0 atom stereocenters. The minimum atomic E-state index is -1.48. The molecular weight excluding hydrogens is 393 g/mol. The van der Waals surface area contributed by atoms with Gasteiger partial charge in [-0.15, -0.1) is 0 Å². The SMILES string of the molecule is Cc1cccc(C)c1Oc1cc2c(N)nc(-n3cc(OC(=O)O)cn3)nc2cc1F. The normalized spacial score (nSPS) is 10.9. The maximum atomic E-state index is 14.7. The fourth-order valence-electron chi connectivity index (χ4n) is 2.96. The van der Waals surface area contributed by atoms with Gasteiger partial charge in [0.25, 0.3) is 5.95 Å². The third-order valence-corrected chi connectivity index (χ3v) is 4.36. The average molecular weight is 409 g/mol. The number of para-hydroxylation sites is 1. The van der Waals surface area contributed by atoms with Crippen molar-refractivity contribution in [3.63, 3.8) is 0 Å². The fraction of sp³-hybridized carbons (Fsp3) is 0.100. The van der Waals surface area contributed by atoms with Crippen molar-refractivity contribution in [1.29, 1.82) is 0 Å². The van der Waals surface area contributed by atoms with Gasteiger partial charge in [-0.25, -0.2) is 18.9 Å². The highest BCUT2D eigenvalue weighted by Crippen LogP contribution is 2.33. The Morgan fingerprint density at radius 3 is 2.63 bits per heavy atom. The molecule has 0 bridgehead atoms. The summed E-state index contributed by atoms with van der Waals surface area (Å²) in [4.78, 5) is 19.0. The van der Waals surface area contributed by atoms with E-state index in [9.17, 15) is 9.18 Å². The molecule has 2 aromatic carbocycles. The lowest BCUT2D eigenvalue weighted by molar-refractivity contribution is 0.144. The lowest BCUT2D eigenvalue weighted by atomic mass is 10.1. The van der Waals surface area contributed by atoms with Gasteiger partial charge in [-0.05, 0) is 31.0 Å². The summed E-state index contributed by atoms with van der Waals surface area (Å²) in [6.45, 7) is 3.74. The number of ether oxygens (including phenoxy) is 2. The van der Waals surface area contributed by atoms with Crippen molar-refractivity contribution in [3.05, 3.63) is 59.7 Å². The maximum absolute atomic E-state index is 14.7. The molecule has 0 aliphatic carbocycles. The van der Waals surface area contributed by atoms with Crippen LogP contribution in [0.1, 0.15) is 11.1 Å². The Bertz CT molecular complexity index is 1270. The van der Waals surface area contributed by atoms with Gasteiger partial charge in [-0.1, -0.05) is 18.2 Å². The molecule has 0 spiro atoms. The predicted octanol–water partition coefficient (Wildman–Crippen LogP) is 4.00. The Morgan fingerprint density at radius 1 is 1.20 bits per heavy atom. The van der Waals surface area contributed by atoms with E-state index in [4.69, 9.17) is 15.6 Å². The number of nitrogen functional groups attached to an aromatic ring is 1. The first-order valence-electron chi connectivity index (χ1n) is 8.78. The standard InChI is InChI=1S/C20H16FN5O4/c1-10-4-3-5-11(2)17(10)30-16-6-13-15(7-14(16)21)24-19(25-18(13)22)26-9-12(8-23-26)29-20(27)28/h3-9H,1-2H3,(H,27,28)(H2,22,24,25). The van der Waals surface area contributed by atoms with E-state index in [1.54, 1.807) is 0 Å². The molecule has 0 aliphatic rings. The summed E-state index contributed by atoms with van der Waals surface area (Å²) in [6, 6.07) is 8.27. The summed E-state index contributed by atoms with van der Waals surface area (Å²) in [5, 5.41) is 13.0. The zero-order valence-electron chi connectivity index (χ0n) is 16.0. The van der Waals surface area contributed by atoms with Crippen LogP contribution in [-0.2, 0) is 0 Å². The molecule has 0 saturated heterocycles. The predicted molar refractivity (Wildman–Crippen MR) is 106 cm³/mol. The van der Waals surface area contributed by atoms with E-state index < -0.39 is 12.0 Å². The highest BCUT2D eigenvalue weighted by molar-refractivity contribution is 5.89. The Balaban J connectivity index is 1.74. The minimum Gasteiger partial charge on any atom is -0.454 e. The molecule has 2 aromatic heterocycles. The second-order valence-corrected chi connectivity index (χ2v) is 6.52. The summed E-state index contributed by atoms with van der Waals surface area (Å²) in [7, 11) is 0. The second-order valence-electron chi connectivity index (χ2n) is 6.52. The van der Waals surface area contributed by atoms with Gasteiger partial charge in [0.1, 0.15) is 11.6 Å². The molecule has 9 nitrogen and oxygen atoms in total. The van der Waals surface area contributed by atoms with Crippen molar-refractivity contribution in [2.75, 3.05) is 5.73 Å². The zero-order chi connectivity index (χ0) is 21.4. The first kappa shape index (κ1) is 19.1. The second kappa shape index (κ2) is 7.32. The van der Waals surface area contributed by atoms with E-state index in [-0.39, 0.29) is 28.8 Å². The van der Waals surface area contributed by atoms with Crippen LogP contribution in [0.2, 0.25) is 0 Å². The van der Waals surface area contributed by atoms with E-state index in [1.165, 1.54) is 29.2 Å². The van der Waals surface area contributed by atoms with Crippen molar-refractivity contribution in [3.8, 4) is 23.2 Å². The van der Waals surface area contributed by atoms with Crippen molar-refractivity contribution in [2.45, 2.75) is 13.8 Å². The highest BCUT2D eigenvalue weighted by atomic mass is 19.1. The van der Waals surface area contributed by atoms with Gasteiger partial charge >= 0.3 is 6.16 Å². The molecule has 152 valence electrons. The minimum absolute atomic E-state index is 0.000756. The van der Waals surface area contributed by atoms with Crippen LogP contribution in [0, 0.1) is 19.7 Å². The molecule has 10 heteroatoms. The Kier molecular flexibility index (Phi) is 4.66. The smallest absolute Gasteiger partial charge is 0.454 e. The lowest BCUT2D eigenvalue weighted by Gasteiger charge is -2.13. The number of fused-ring (bicyclic) bond motifs is 1. The summed E-state index contributed by atoms with van der Waals surface area (Å²) in [6.07, 6.45) is 0.968. The molecule has 0 fully saturated rings. The number of carbonyl (C=O) groups is 1. The number of carboxylic acid groups (broad SMARTS) is 1. The lowest BCUT2D eigenvalue weighted by Crippen LogP contribution is -2.06. The molecule has 2 heterocycles. The van der Waals surface area contributed by atoms with Gasteiger partial charge in [0, 0.05) is 11.5 Å². The van der Waals surface area contributed by atoms with Crippen molar-refractivity contribution in [1.82, 2.24) is 19.7 Å². The quantitative estimate of drug-likeness (QED) is 0.485. The summed E-state index contributed by atoms with van der Waals surface area (Å²) in [5.41, 5.74) is 8.03. The van der Waals surface area contributed by atoms with Gasteiger partial charge in [-0.3, -0.25) is 0 Å². The van der Waals surface area contributed by atoms with Gasteiger partial charge in [0.15, 0.2) is 17.3 Å². The third kappa shape index (κ3) is 3.58. The summed E-state index contributed by atoms with van der Waals surface area (Å²) in [5.74, 6) is 0.0343. The van der Waals surface area contributed by atoms with Crippen LogP contribution < -0.4 is 15.2 Å². The van der Waals surface area contributed by atoms with E-state index in [2.05, 4.69) is 19.8 Å². The highest BCUT2D eigenvalue weighted by Gasteiger charge is 2.16. The molecule has 0 radical (unpaired) electrons. The molecule has 0 amide bonds. The van der Waals surface area contributed by atoms with Crippen LogP contribution in [0.15, 0.2) is 42.7 Å². The van der Waals surface area contributed by atoms with E-state index in [1.807, 2.05) is 32.0 Å². The number of aromatic nitrogens is 4. The molecular formula is C20H16FN5O4. The monoisotopic (exact) mass is 409 g/mol. The van der Waals surface area contributed by atoms with Crippen LogP contribution >= 0.6 is 0 Å². The molecule has 0 unspecified atom stereocenters. The van der Waals surface area contributed by atoms with E-state index in [0.29, 0.717) is 11.1 Å². The number of benzene rings is 2. The first-order chi connectivity index (χ1) is 14.3. The van der Waals surface area contributed by atoms with Crippen LogP contribution in [-0.4, -0.2) is 31.0 Å². The number of hydrogen-bond donors (Lipinski definition) is 2. The Labute approximate surface area is 169 Å². The molecule has 3 N–H and O–H groups in total. The number of hydrogen-bond acceptors (Lipinski definition) is 7. The van der Waals surface area contributed by atoms with Gasteiger partial charge in [0.05, 0.1) is 17.9 Å². The number of nitrogens with two attached hydrogens (primary N) is 1. The van der Waals surface area contributed by atoms with Crippen molar-refractivity contribution < 1.29 is 23.8 Å². The molecule has 0 aliphatic heterocycles. The van der Waals surface area contributed by atoms with Gasteiger partial charge in [0.2, 0.25) is 0 Å². The first-order valence-corrected chi connectivity index (χ1v) is 8.78. The fourth-order valence-corrected chi connectivity index (χ4v) is 2.96. The number of aryl methyl sites for hydroxylation is 2. The zero-order valence-corrected chi connectivity index (χ0v) is 16.0. The molecule has 4 aromatic rings. The maximum Gasteiger partial charge on any atom is 0.511 e. The topological polar surface area (TPSA) is 125 Å². The average Bonchev–Trinajstić information content (AvgIpc) is 3.13. The van der Waals surface area contributed by atoms with Crippen molar-refractivity contribution in [2.24, 2.45) is 0 Å². The van der Waals surface area contributed by atoms with Crippen LogP contribution in [0.3, 0.4) is 0 Å². The number of nitrogens with zero attached hydrogens (tertiary/aromatic N) is 4. The number of rotatable bonds is 4. The molecule has 4 rings (SSSR count). The number of halogens is 1. The summed E-state index contributed by atoms with van der Waals surface area (Å²) >= 11 is 0. The Morgan fingerprint density at radius 2 is 1.93 bits per heavy atom. The van der Waals surface area contributed by atoms with Crippen LogP contribution in [0.4, 0.5) is 15.0 Å².